The Hall–Kier alpha value is -2.70. The van der Waals surface area contributed by atoms with Gasteiger partial charge in [-0.25, -0.2) is 0 Å². The normalized spacial score (nSPS) is 10.2. The summed E-state index contributed by atoms with van der Waals surface area (Å²) in [5.74, 6) is 0.749. The number of carbonyl (C=O) groups excluding carboxylic acids is 1. The molecule has 0 saturated heterocycles. The first-order valence-corrected chi connectivity index (χ1v) is 6.45. The molecule has 21 heavy (non-hydrogen) atoms. The van der Waals surface area contributed by atoms with E-state index in [2.05, 4.69) is 10.4 Å². The summed E-state index contributed by atoms with van der Waals surface area (Å²) < 4.78 is 11.9. The van der Waals surface area contributed by atoms with Gasteiger partial charge in [0.25, 0.3) is 5.91 Å². The molecule has 0 fully saturated rings. The number of rotatable bonds is 5. The number of aryl methyl sites for hydroxylation is 1. The average molecular weight is 290 g/mol. The van der Waals surface area contributed by atoms with Crippen LogP contribution in [0.25, 0.3) is 0 Å². The van der Waals surface area contributed by atoms with Gasteiger partial charge >= 0.3 is 0 Å². The topological polar surface area (TPSA) is 91.4 Å². The molecule has 2 rings (SSSR count). The number of hydrogen-bond acceptors (Lipinski definition) is 5. The third kappa shape index (κ3) is 3.07. The van der Waals surface area contributed by atoms with Crippen LogP contribution in [0.4, 0.5) is 11.4 Å². The Labute approximate surface area is 122 Å². The number of amides is 1. The van der Waals surface area contributed by atoms with Gasteiger partial charge in [-0.05, 0) is 19.1 Å². The number of ether oxygens (including phenoxy) is 2. The van der Waals surface area contributed by atoms with Crippen LogP contribution in [-0.2, 0) is 6.54 Å². The predicted molar refractivity (Wildman–Crippen MR) is 79.8 cm³/mol. The fourth-order valence-electron chi connectivity index (χ4n) is 1.86. The molecule has 1 aromatic carbocycles. The second kappa shape index (κ2) is 6.17. The number of nitrogen functional groups attached to an aromatic ring is 1. The van der Waals surface area contributed by atoms with Crippen molar-refractivity contribution in [3.63, 3.8) is 0 Å². The minimum Gasteiger partial charge on any atom is -0.497 e. The highest BCUT2D eigenvalue weighted by Crippen LogP contribution is 2.29. The van der Waals surface area contributed by atoms with Crippen LogP contribution in [0.15, 0.2) is 24.4 Å². The van der Waals surface area contributed by atoms with Gasteiger partial charge in [-0.1, -0.05) is 0 Å². The number of carbonyl (C=O) groups is 1. The molecule has 0 aliphatic heterocycles. The van der Waals surface area contributed by atoms with Gasteiger partial charge in [-0.3, -0.25) is 9.48 Å². The number of aromatic nitrogens is 2. The van der Waals surface area contributed by atoms with Crippen LogP contribution in [0.3, 0.4) is 0 Å². The zero-order valence-corrected chi connectivity index (χ0v) is 12.2. The fraction of sp³-hybridized carbons (Fsp3) is 0.286. The smallest absolute Gasteiger partial charge is 0.278 e. The molecule has 7 heteroatoms. The number of benzene rings is 1. The summed E-state index contributed by atoms with van der Waals surface area (Å²) >= 11 is 0. The fourth-order valence-corrected chi connectivity index (χ4v) is 1.86. The summed E-state index contributed by atoms with van der Waals surface area (Å²) in [5.41, 5.74) is 6.84. The van der Waals surface area contributed by atoms with E-state index in [4.69, 9.17) is 15.2 Å². The van der Waals surface area contributed by atoms with Gasteiger partial charge in [0.2, 0.25) is 0 Å². The van der Waals surface area contributed by atoms with Gasteiger partial charge in [0, 0.05) is 18.8 Å². The molecule has 0 aliphatic rings. The molecule has 0 aliphatic carbocycles. The van der Waals surface area contributed by atoms with Crippen molar-refractivity contribution in [1.82, 2.24) is 9.78 Å². The van der Waals surface area contributed by atoms with Crippen molar-refractivity contribution in [3.8, 4) is 11.5 Å². The predicted octanol–water partition coefficient (Wildman–Crippen LogP) is 1.75. The SMILES string of the molecule is CCn1cc(N)c(C(=O)Nc2ccc(OC)cc2OC)n1. The van der Waals surface area contributed by atoms with E-state index in [1.165, 1.54) is 7.11 Å². The molecule has 0 saturated carbocycles. The van der Waals surface area contributed by atoms with E-state index in [1.807, 2.05) is 6.92 Å². The first kappa shape index (κ1) is 14.7. The molecule has 112 valence electrons. The van der Waals surface area contributed by atoms with E-state index in [1.54, 1.807) is 36.2 Å². The number of anilines is 2. The minimum atomic E-state index is -0.386. The summed E-state index contributed by atoms with van der Waals surface area (Å²) in [7, 11) is 3.08. The van der Waals surface area contributed by atoms with E-state index in [9.17, 15) is 4.79 Å². The van der Waals surface area contributed by atoms with E-state index >= 15 is 0 Å². The molecular formula is C14H18N4O3. The molecule has 1 aromatic heterocycles. The molecule has 7 nitrogen and oxygen atoms in total. The molecule has 1 heterocycles. The molecule has 0 spiro atoms. The van der Waals surface area contributed by atoms with Crippen molar-refractivity contribution in [2.75, 3.05) is 25.3 Å². The molecule has 1 amide bonds. The average Bonchev–Trinajstić information content (AvgIpc) is 2.88. The highest BCUT2D eigenvalue weighted by Gasteiger charge is 2.16. The van der Waals surface area contributed by atoms with E-state index < -0.39 is 0 Å². The van der Waals surface area contributed by atoms with Crippen LogP contribution in [0.2, 0.25) is 0 Å². The maximum atomic E-state index is 12.2. The largest absolute Gasteiger partial charge is 0.497 e. The highest BCUT2D eigenvalue weighted by atomic mass is 16.5. The second-order valence-corrected chi connectivity index (χ2v) is 4.31. The monoisotopic (exact) mass is 290 g/mol. The van der Waals surface area contributed by atoms with Crippen molar-refractivity contribution in [3.05, 3.63) is 30.1 Å². The Kier molecular flexibility index (Phi) is 4.32. The third-order valence-corrected chi connectivity index (χ3v) is 2.99. The van der Waals surface area contributed by atoms with Crippen LogP contribution >= 0.6 is 0 Å². The van der Waals surface area contributed by atoms with E-state index in [0.717, 1.165) is 0 Å². The number of nitrogens with zero attached hydrogens (tertiary/aromatic N) is 2. The number of nitrogens with two attached hydrogens (primary N) is 1. The molecule has 0 atom stereocenters. The summed E-state index contributed by atoms with van der Waals surface area (Å²) in [6.45, 7) is 2.56. The van der Waals surface area contributed by atoms with Crippen LogP contribution in [0.5, 0.6) is 11.5 Å². The van der Waals surface area contributed by atoms with Gasteiger partial charge in [0.1, 0.15) is 11.5 Å². The first-order chi connectivity index (χ1) is 10.1. The Bertz CT molecular complexity index is 652. The molecule has 2 aromatic rings. The molecule has 3 N–H and O–H groups in total. The zero-order valence-electron chi connectivity index (χ0n) is 12.2. The van der Waals surface area contributed by atoms with Crippen molar-refractivity contribution < 1.29 is 14.3 Å². The van der Waals surface area contributed by atoms with E-state index in [-0.39, 0.29) is 11.6 Å². The number of nitrogens with one attached hydrogen (secondary N) is 1. The second-order valence-electron chi connectivity index (χ2n) is 4.31. The molecular weight excluding hydrogens is 272 g/mol. The standard InChI is InChI=1S/C14H18N4O3/c1-4-18-8-10(15)13(17-18)14(19)16-11-6-5-9(20-2)7-12(11)21-3/h5-8H,4,15H2,1-3H3,(H,16,19). The van der Waals surface area contributed by atoms with E-state index in [0.29, 0.717) is 29.4 Å². The van der Waals surface area contributed by atoms with Crippen molar-refractivity contribution in [1.29, 1.82) is 0 Å². The third-order valence-electron chi connectivity index (χ3n) is 2.99. The van der Waals surface area contributed by atoms with Crippen LogP contribution in [0.1, 0.15) is 17.4 Å². The van der Waals surface area contributed by atoms with Gasteiger partial charge in [-0.2, -0.15) is 5.10 Å². The van der Waals surface area contributed by atoms with Crippen molar-refractivity contribution in [2.45, 2.75) is 13.5 Å². The summed E-state index contributed by atoms with van der Waals surface area (Å²) in [5, 5.41) is 6.86. The zero-order chi connectivity index (χ0) is 15.4. The summed E-state index contributed by atoms with van der Waals surface area (Å²) in [6.07, 6.45) is 1.63. The lowest BCUT2D eigenvalue weighted by molar-refractivity contribution is 0.102. The Morgan fingerprint density at radius 2 is 2.14 bits per heavy atom. The Morgan fingerprint density at radius 3 is 2.71 bits per heavy atom. The Morgan fingerprint density at radius 1 is 1.38 bits per heavy atom. The molecule has 0 radical (unpaired) electrons. The molecule has 0 unspecified atom stereocenters. The maximum absolute atomic E-state index is 12.2. The lowest BCUT2D eigenvalue weighted by Crippen LogP contribution is -2.15. The number of hydrogen-bond donors (Lipinski definition) is 2. The van der Waals surface area contributed by atoms with Crippen molar-refractivity contribution in [2.24, 2.45) is 0 Å². The minimum absolute atomic E-state index is 0.190. The van der Waals surface area contributed by atoms with Gasteiger partial charge < -0.3 is 20.5 Å². The van der Waals surface area contributed by atoms with Gasteiger partial charge in [0.05, 0.1) is 25.6 Å². The lowest BCUT2D eigenvalue weighted by atomic mass is 10.2. The highest BCUT2D eigenvalue weighted by molar-refractivity contribution is 6.06. The molecule has 0 bridgehead atoms. The van der Waals surface area contributed by atoms with Crippen LogP contribution in [0, 0.1) is 0 Å². The van der Waals surface area contributed by atoms with Crippen molar-refractivity contribution >= 4 is 17.3 Å². The van der Waals surface area contributed by atoms with Gasteiger partial charge in [0.15, 0.2) is 5.69 Å². The summed E-state index contributed by atoms with van der Waals surface area (Å²) in [6, 6.07) is 5.11. The first-order valence-electron chi connectivity index (χ1n) is 6.45. The quantitative estimate of drug-likeness (QED) is 0.875. The van der Waals surface area contributed by atoms with Crippen LogP contribution in [-0.4, -0.2) is 29.9 Å². The summed E-state index contributed by atoms with van der Waals surface area (Å²) in [4.78, 5) is 12.2. The van der Waals surface area contributed by atoms with Crippen LogP contribution < -0.4 is 20.5 Å². The van der Waals surface area contributed by atoms with Gasteiger partial charge in [-0.15, -0.1) is 0 Å². The maximum Gasteiger partial charge on any atom is 0.278 e. The number of methoxy groups -OCH3 is 2. The lowest BCUT2D eigenvalue weighted by Gasteiger charge is -2.11. The Balaban J connectivity index is 2.24.